The minimum absolute atomic E-state index is 0.0287. The van der Waals surface area contributed by atoms with Crippen molar-refractivity contribution in [3.05, 3.63) is 0 Å². The fourth-order valence-corrected chi connectivity index (χ4v) is 6.20. The molecule has 4 heteroatoms. The summed E-state index contributed by atoms with van der Waals surface area (Å²) in [7, 11) is 0. The van der Waals surface area contributed by atoms with E-state index in [4.69, 9.17) is 4.74 Å². The van der Waals surface area contributed by atoms with Crippen molar-refractivity contribution in [2.75, 3.05) is 6.61 Å². The molecule has 22 heavy (non-hydrogen) atoms. The second-order valence-electron chi connectivity index (χ2n) is 9.06. The van der Waals surface area contributed by atoms with Crippen molar-refractivity contribution >= 4 is 0 Å². The van der Waals surface area contributed by atoms with Gasteiger partial charge in [-0.25, -0.2) is 0 Å². The van der Waals surface area contributed by atoms with Gasteiger partial charge >= 0.3 is 0 Å². The molecule has 1 saturated heterocycles. The maximum absolute atomic E-state index is 10.5. The van der Waals surface area contributed by atoms with Crippen LogP contribution in [0.4, 0.5) is 0 Å². The summed E-state index contributed by atoms with van der Waals surface area (Å²) >= 11 is 0. The van der Waals surface area contributed by atoms with Crippen molar-refractivity contribution in [3.8, 4) is 0 Å². The quantitative estimate of drug-likeness (QED) is 0.695. The Labute approximate surface area is 133 Å². The lowest BCUT2D eigenvalue weighted by Crippen LogP contribution is -2.66. The van der Waals surface area contributed by atoms with Crippen LogP contribution >= 0.6 is 0 Å². The van der Waals surface area contributed by atoms with Gasteiger partial charge in [-0.05, 0) is 61.7 Å². The Morgan fingerprint density at radius 1 is 0.955 bits per heavy atom. The van der Waals surface area contributed by atoms with Crippen LogP contribution in [0.1, 0.15) is 66.2 Å². The molecule has 0 radical (unpaired) electrons. The van der Waals surface area contributed by atoms with E-state index >= 15 is 0 Å². The van der Waals surface area contributed by atoms with Gasteiger partial charge in [-0.3, -0.25) is 0 Å². The van der Waals surface area contributed by atoms with E-state index in [1.807, 2.05) is 0 Å². The van der Waals surface area contributed by atoms with E-state index < -0.39 is 11.4 Å². The highest BCUT2D eigenvalue weighted by Crippen LogP contribution is 2.65. The maximum Gasteiger partial charge on any atom is 0.163 e. The van der Waals surface area contributed by atoms with E-state index in [0.29, 0.717) is 12.3 Å². The molecule has 3 N–H and O–H groups in total. The predicted octanol–water partition coefficient (Wildman–Crippen LogP) is 2.45. The SMILES string of the molecule is CC1(C)C2CC[C@@]3(CO)O[C@](C)(O)CC[C@@H]3[C@@]2(C)CC[C@H]1O. The standard InChI is InChI=1S/C18H32O4/c1-15(2)12-6-10-18(11-19)13(5-9-17(4,21)22-18)16(12,3)8-7-14(15)20/h12-14,19-21H,5-11H2,1-4H3/t12?,13-,14-,16+,17+,18+/m1/s1. The first kappa shape index (κ1) is 16.7. The van der Waals surface area contributed by atoms with Gasteiger partial charge in [-0.15, -0.1) is 0 Å². The molecular formula is C18H32O4. The molecule has 2 saturated carbocycles. The molecule has 128 valence electrons. The topological polar surface area (TPSA) is 69.9 Å². The third-order valence-electron chi connectivity index (χ3n) is 7.38. The summed E-state index contributed by atoms with van der Waals surface area (Å²) in [5.74, 6) is -0.456. The van der Waals surface area contributed by atoms with E-state index in [1.165, 1.54) is 0 Å². The number of aliphatic hydroxyl groups excluding tert-OH is 2. The number of aliphatic hydroxyl groups is 3. The third kappa shape index (κ3) is 2.18. The number of rotatable bonds is 1. The van der Waals surface area contributed by atoms with Crippen LogP contribution in [0.15, 0.2) is 0 Å². The molecule has 0 aromatic rings. The highest BCUT2D eigenvalue weighted by Gasteiger charge is 2.64. The van der Waals surface area contributed by atoms with Crippen LogP contribution < -0.4 is 0 Å². The van der Waals surface area contributed by atoms with Crippen molar-refractivity contribution < 1.29 is 20.1 Å². The van der Waals surface area contributed by atoms with Gasteiger partial charge in [-0.2, -0.15) is 0 Å². The molecule has 3 fully saturated rings. The maximum atomic E-state index is 10.5. The average molecular weight is 312 g/mol. The normalized spacial score (nSPS) is 54.4. The van der Waals surface area contributed by atoms with Crippen LogP contribution in [0.2, 0.25) is 0 Å². The van der Waals surface area contributed by atoms with E-state index in [2.05, 4.69) is 20.8 Å². The summed E-state index contributed by atoms with van der Waals surface area (Å²) in [6.07, 6.45) is 4.74. The van der Waals surface area contributed by atoms with Crippen molar-refractivity contribution in [1.29, 1.82) is 0 Å². The van der Waals surface area contributed by atoms with Crippen molar-refractivity contribution in [2.45, 2.75) is 83.7 Å². The van der Waals surface area contributed by atoms with Gasteiger partial charge in [0.25, 0.3) is 0 Å². The Kier molecular flexibility index (Phi) is 3.73. The fourth-order valence-electron chi connectivity index (χ4n) is 6.20. The zero-order valence-corrected chi connectivity index (χ0v) is 14.4. The highest BCUT2D eigenvalue weighted by molar-refractivity contribution is 5.12. The molecule has 4 nitrogen and oxygen atoms in total. The summed E-state index contributed by atoms with van der Waals surface area (Å²) < 4.78 is 6.07. The molecule has 1 unspecified atom stereocenters. The lowest BCUT2D eigenvalue weighted by molar-refractivity contribution is -0.343. The Bertz CT molecular complexity index is 446. The zero-order chi connectivity index (χ0) is 16.4. The van der Waals surface area contributed by atoms with Crippen LogP contribution in [-0.4, -0.2) is 39.4 Å². The molecule has 3 rings (SSSR count). The Morgan fingerprint density at radius 3 is 2.23 bits per heavy atom. The van der Waals surface area contributed by atoms with E-state index in [9.17, 15) is 15.3 Å². The monoisotopic (exact) mass is 312 g/mol. The zero-order valence-electron chi connectivity index (χ0n) is 14.4. The largest absolute Gasteiger partial charge is 0.393 e. The molecule has 3 aliphatic rings. The minimum Gasteiger partial charge on any atom is -0.393 e. The van der Waals surface area contributed by atoms with Crippen molar-refractivity contribution in [1.82, 2.24) is 0 Å². The molecule has 1 heterocycles. The number of hydrogen-bond donors (Lipinski definition) is 3. The Hall–Kier alpha value is -0.160. The Balaban J connectivity index is 1.99. The lowest BCUT2D eigenvalue weighted by Gasteiger charge is -2.65. The van der Waals surface area contributed by atoms with Gasteiger partial charge in [0.05, 0.1) is 18.3 Å². The molecule has 2 aliphatic carbocycles. The van der Waals surface area contributed by atoms with Gasteiger partial charge in [0, 0.05) is 6.42 Å². The van der Waals surface area contributed by atoms with Gasteiger partial charge in [0.1, 0.15) is 0 Å². The predicted molar refractivity (Wildman–Crippen MR) is 84.1 cm³/mol. The first-order valence-corrected chi connectivity index (χ1v) is 8.79. The first-order valence-electron chi connectivity index (χ1n) is 8.79. The van der Waals surface area contributed by atoms with Crippen LogP contribution in [0, 0.1) is 22.7 Å². The molecule has 0 spiro atoms. The van der Waals surface area contributed by atoms with Gasteiger partial charge in [-0.1, -0.05) is 20.8 Å². The molecule has 0 bridgehead atoms. The summed E-state index contributed by atoms with van der Waals surface area (Å²) in [6.45, 7) is 8.38. The first-order chi connectivity index (χ1) is 10.1. The smallest absolute Gasteiger partial charge is 0.163 e. The second kappa shape index (κ2) is 4.92. The lowest BCUT2D eigenvalue weighted by atomic mass is 9.44. The van der Waals surface area contributed by atoms with E-state index in [-0.39, 0.29) is 29.5 Å². The molecule has 0 aromatic carbocycles. The van der Waals surface area contributed by atoms with Gasteiger partial charge in [0.2, 0.25) is 0 Å². The molecule has 0 aromatic heterocycles. The minimum atomic E-state index is -1.13. The summed E-state index contributed by atoms with van der Waals surface area (Å²) in [4.78, 5) is 0. The highest BCUT2D eigenvalue weighted by atomic mass is 16.6. The second-order valence-corrected chi connectivity index (χ2v) is 9.06. The molecule has 1 aliphatic heterocycles. The van der Waals surface area contributed by atoms with Crippen LogP contribution in [0.25, 0.3) is 0 Å². The summed E-state index contributed by atoms with van der Waals surface area (Å²) in [5, 5.41) is 30.9. The van der Waals surface area contributed by atoms with Gasteiger partial charge in [0.15, 0.2) is 5.79 Å². The fraction of sp³-hybridized carbons (Fsp3) is 1.00. The molecular weight excluding hydrogens is 280 g/mol. The van der Waals surface area contributed by atoms with Crippen LogP contribution in [0.3, 0.4) is 0 Å². The summed E-state index contributed by atoms with van der Waals surface area (Å²) in [6, 6.07) is 0. The van der Waals surface area contributed by atoms with Gasteiger partial charge < -0.3 is 20.1 Å². The number of ether oxygens (including phenoxy) is 1. The Morgan fingerprint density at radius 2 is 1.59 bits per heavy atom. The third-order valence-corrected chi connectivity index (χ3v) is 7.38. The summed E-state index contributed by atoms with van der Waals surface area (Å²) in [5.41, 5.74) is -0.667. The number of fused-ring (bicyclic) bond motifs is 3. The molecule has 0 amide bonds. The van der Waals surface area contributed by atoms with E-state index in [1.54, 1.807) is 6.92 Å². The number of hydrogen-bond acceptors (Lipinski definition) is 4. The van der Waals surface area contributed by atoms with Crippen LogP contribution in [-0.2, 0) is 4.74 Å². The van der Waals surface area contributed by atoms with Crippen molar-refractivity contribution in [3.63, 3.8) is 0 Å². The van der Waals surface area contributed by atoms with Crippen LogP contribution in [0.5, 0.6) is 0 Å². The molecule has 6 atom stereocenters. The van der Waals surface area contributed by atoms with Crippen molar-refractivity contribution in [2.24, 2.45) is 22.7 Å². The van der Waals surface area contributed by atoms with E-state index in [0.717, 1.165) is 32.1 Å². The average Bonchev–Trinajstić information content (AvgIpc) is 2.42.